The SMILES string of the molecule is Cc1ccc(S(=O)(=O)N2/C(=C/c3ccccc3)CC[C@H]2CO[Si](C)(C)C(C)(C)C)cc1. The Morgan fingerprint density at radius 3 is 2.26 bits per heavy atom. The molecule has 0 aromatic heterocycles. The van der Waals surface area contributed by atoms with Gasteiger partial charge in [0.05, 0.1) is 17.5 Å². The molecular weight excluding hydrogens is 422 g/mol. The first-order valence-electron chi connectivity index (χ1n) is 10.9. The fourth-order valence-electron chi connectivity index (χ4n) is 3.50. The lowest BCUT2D eigenvalue weighted by Gasteiger charge is -2.38. The number of sulfonamides is 1. The second-order valence-corrected chi connectivity index (χ2v) is 16.5. The number of allylic oxidation sites excluding steroid dienone is 1. The fourth-order valence-corrected chi connectivity index (χ4v) is 6.26. The zero-order chi connectivity index (χ0) is 22.9. The van der Waals surface area contributed by atoms with Gasteiger partial charge in [-0.2, -0.15) is 0 Å². The van der Waals surface area contributed by atoms with E-state index in [0.29, 0.717) is 17.9 Å². The van der Waals surface area contributed by atoms with Gasteiger partial charge in [-0.1, -0.05) is 68.8 Å². The molecular formula is C25H35NO3SSi. The summed E-state index contributed by atoms with van der Waals surface area (Å²) in [5, 5.41) is 0.0783. The molecule has 1 aliphatic heterocycles. The summed E-state index contributed by atoms with van der Waals surface area (Å²) in [5.41, 5.74) is 2.88. The number of benzene rings is 2. The number of nitrogens with zero attached hydrogens (tertiary/aromatic N) is 1. The predicted octanol–water partition coefficient (Wildman–Crippen LogP) is 6.21. The van der Waals surface area contributed by atoms with Gasteiger partial charge in [0, 0.05) is 5.70 Å². The van der Waals surface area contributed by atoms with Crippen LogP contribution in [0.4, 0.5) is 0 Å². The van der Waals surface area contributed by atoms with Gasteiger partial charge < -0.3 is 4.43 Å². The molecule has 168 valence electrons. The molecule has 4 nitrogen and oxygen atoms in total. The highest BCUT2D eigenvalue weighted by molar-refractivity contribution is 7.89. The molecule has 6 heteroatoms. The van der Waals surface area contributed by atoms with E-state index < -0.39 is 18.3 Å². The van der Waals surface area contributed by atoms with Crippen molar-refractivity contribution in [3.63, 3.8) is 0 Å². The molecule has 0 bridgehead atoms. The molecule has 0 amide bonds. The van der Waals surface area contributed by atoms with Gasteiger partial charge in [0.15, 0.2) is 8.32 Å². The van der Waals surface area contributed by atoms with Crippen molar-refractivity contribution in [2.45, 2.75) is 69.6 Å². The van der Waals surface area contributed by atoms with Crippen molar-refractivity contribution >= 4 is 24.4 Å². The van der Waals surface area contributed by atoms with Gasteiger partial charge >= 0.3 is 0 Å². The quantitative estimate of drug-likeness (QED) is 0.484. The van der Waals surface area contributed by atoms with Crippen molar-refractivity contribution in [2.75, 3.05) is 6.61 Å². The van der Waals surface area contributed by atoms with Crippen molar-refractivity contribution in [1.29, 1.82) is 0 Å². The van der Waals surface area contributed by atoms with Crippen LogP contribution in [-0.2, 0) is 14.4 Å². The topological polar surface area (TPSA) is 46.6 Å². The molecule has 2 aromatic carbocycles. The maximum absolute atomic E-state index is 13.7. The summed E-state index contributed by atoms with van der Waals surface area (Å²) in [6.07, 6.45) is 3.47. The van der Waals surface area contributed by atoms with Crippen LogP contribution in [0.25, 0.3) is 6.08 Å². The molecule has 0 aliphatic carbocycles. The summed E-state index contributed by atoms with van der Waals surface area (Å²) < 4.78 is 35.5. The maximum atomic E-state index is 13.7. The molecule has 0 radical (unpaired) electrons. The van der Waals surface area contributed by atoms with Crippen LogP contribution in [0.5, 0.6) is 0 Å². The fraction of sp³-hybridized carbons (Fsp3) is 0.440. The molecule has 0 unspecified atom stereocenters. The standard InChI is InChI=1S/C25H35NO3SSi/c1-20-12-16-24(17-13-20)30(27,28)26-22(18-21-10-8-7-9-11-21)14-15-23(26)19-29-31(5,6)25(2,3)4/h7-13,16-18,23H,14-15,19H2,1-6H3/b22-18+/t23-/m0/s1. The number of rotatable bonds is 6. The summed E-state index contributed by atoms with van der Waals surface area (Å²) in [6, 6.07) is 16.8. The van der Waals surface area contributed by atoms with Crippen LogP contribution in [0.3, 0.4) is 0 Å². The van der Waals surface area contributed by atoms with Gasteiger partial charge in [-0.25, -0.2) is 8.42 Å². The predicted molar refractivity (Wildman–Crippen MR) is 131 cm³/mol. The summed E-state index contributed by atoms with van der Waals surface area (Å²) in [7, 11) is -5.66. The summed E-state index contributed by atoms with van der Waals surface area (Å²) in [6.45, 7) is 13.4. The molecule has 0 spiro atoms. The normalized spacial score (nSPS) is 19.2. The smallest absolute Gasteiger partial charge is 0.264 e. The van der Waals surface area contributed by atoms with Crippen molar-refractivity contribution in [1.82, 2.24) is 4.31 Å². The first-order chi connectivity index (χ1) is 14.4. The van der Waals surface area contributed by atoms with Crippen LogP contribution in [0.2, 0.25) is 18.1 Å². The van der Waals surface area contributed by atoms with Gasteiger partial charge in [-0.3, -0.25) is 4.31 Å². The lowest BCUT2D eigenvalue weighted by molar-refractivity contribution is 0.222. The highest BCUT2D eigenvalue weighted by Crippen LogP contribution is 2.39. The summed E-state index contributed by atoms with van der Waals surface area (Å²) >= 11 is 0. The average molecular weight is 458 g/mol. The minimum Gasteiger partial charge on any atom is -0.415 e. The summed E-state index contributed by atoms with van der Waals surface area (Å²) in [4.78, 5) is 0.330. The third-order valence-electron chi connectivity index (χ3n) is 6.50. The Morgan fingerprint density at radius 1 is 1.06 bits per heavy atom. The summed E-state index contributed by atoms with van der Waals surface area (Å²) in [5.74, 6) is 0. The van der Waals surface area contributed by atoms with Crippen LogP contribution in [-0.4, -0.2) is 33.7 Å². The average Bonchev–Trinajstić information content (AvgIpc) is 3.10. The molecule has 2 aromatic rings. The maximum Gasteiger partial charge on any atom is 0.264 e. The molecule has 1 aliphatic rings. The zero-order valence-corrected chi connectivity index (χ0v) is 21.4. The lowest BCUT2D eigenvalue weighted by atomic mass is 10.1. The van der Waals surface area contributed by atoms with Gasteiger partial charge in [-0.05, 0) is 61.7 Å². The molecule has 0 saturated carbocycles. The Hall–Kier alpha value is -1.89. The van der Waals surface area contributed by atoms with E-state index >= 15 is 0 Å². The van der Waals surface area contributed by atoms with E-state index in [0.717, 1.165) is 23.2 Å². The first-order valence-corrected chi connectivity index (χ1v) is 15.3. The van der Waals surface area contributed by atoms with E-state index in [1.807, 2.05) is 55.5 Å². The van der Waals surface area contributed by atoms with E-state index in [-0.39, 0.29) is 11.1 Å². The van der Waals surface area contributed by atoms with E-state index in [9.17, 15) is 8.42 Å². The van der Waals surface area contributed by atoms with Crippen LogP contribution in [0.15, 0.2) is 65.2 Å². The first kappa shape index (κ1) is 23.8. The van der Waals surface area contributed by atoms with Gasteiger partial charge in [0.25, 0.3) is 10.0 Å². The highest BCUT2D eigenvalue weighted by atomic mass is 32.2. The Labute approximate surface area is 189 Å². The molecule has 1 heterocycles. The zero-order valence-electron chi connectivity index (χ0n) is 19.6. The molecule has 31 heavy (non-hydrogen) atoms. The number of aryl methyl sites for hydroxylation is 1. The van der Waals surface area contributed by atoms with E-state index in [4.69, 9.17) is 4.43 Å². The minimum absolute atomic E-state index is 0.0783. The van der Waals surface area contributed by atoms with Gasteiger partial charge in [-0.15, -0.1) is 0 Å². The van der Waals surface area contributed by atoms with Gasteiger partial charge in [0.2, 0.25) is 0 Å². The molecule has 1 saturated heterocycles. The van der Waals surface area contributed by atoms with Crippen LogP contribution in [0, 0.1) is 6.92 Å². The highest BCUT2D eigenvalue weighted by Gasteiger charge is 2.42. The van der Waals surface area contributed by atoms with Crippen molar-refractivity contribution in [3.8, 4) is 0 Å². The molecule has 3 rings (SSSR count). The third-order valence-corrected chi connectivity index (χ3v) is 12.9. The lowest BCUT2D eigenvalue weighted by Crippen LogP contribution is -2.45. The number of hydrogen-bond acceptors (Lipinski definition) is 3. The van der Waals surface area contributed by atoms with E-state index in [1.54, 1.807) is 16.4 Å². The second-order valence-electron chi connectivity index (χ2n) is 9.92. The second kappa shape index (κ2) is 8.92. The molecule has 0 N–H and O–H groups in total. The molecule has 1 fully saturated rings. The Morgan fingerprint density at radius 2 is 1.68 bits per heavy atom. The van der Waals surface area contributed by atoms with Crippen molar-refractivity contribution < 1.29 is 12.8 Å². The third kappa shape index (κ3) is 5.30. The van der Waals surface area contributed by atoms with Crippen LogP contribution >= 0.6 is 0 Å². The number of hydrogen-bond donors (Lipinski definition) is 0. The van der Waals surface area contributed by atoms with Gasteiger partial charge in [0.1, 0.15) is 0 Å². The Kier molecular flexibility index (Phi) is 6.84. The molecule has 1 atom stereocenters. The largest absolute Gasteiger partial charge is 0.415 e. The van der Waals surface area contributed by atoms with Crippen LogP contribution < -0.4 is 0 Å². The Balaban J connectivity index is 1.97. The van der Waals surface area contributed by atoms with Crippen molar-refractivity contribution in [3.05, 3.63) is 71.4 Å². The minimum atomic E-state index is -3.68. The van der Waals surface area contributed by atoms with Crippen molar-refractivity contribution in [2.24, 2.45) is 0 Å². The van der Waals surface area contributed by atoms with E-state index in [1.165, 1.54) is 0 Å². The Bertz CT molecular complexity index is 1020. The van der Waals surface area contributed by atoms with E-state index in [2.05, 4.69) is 33.9 Å². The monoisotopic (exact) mass is 457 g/mol. The van der Waals surface area contributed by atoms with Crippen LogP contribution in [0.1, 0.15) is 44.7 Å².